The van der Waals surface area contributed by atoms with Crippen LogP contribution in [0.3, 0.4) is 0 Å². The van der Waals surface area contributed by atoms with Crippen molar-refractivity contribution in [3.05, 3.63) is 0 Å². The molecule has 3 heteroatoms. The fourth-order valence-electron chi connectivity index (χ4n) is 6.76. The van der Waals surface area contributed by atoms with Gasteiger partial charge in [-0.15, -0.1) is 0 Å². The lowest BCUT2D eigenvalue weighted by molar-refractivity contribution is -0.247. The van der Waals surface area contributed by atoms with E-state index >= 15 is 0 Å². The highest BCUT2D eigenvalue weighted by atomic mass is 16.5. The van der Waals surface area contributed by atoms with E-state index in [0.717, 1.165) is 32.1 Å². The molecule has 6 atom stereocenters. The standard InChI is InChI=1S/C22H38O3/c1-6-19(3)12-13-21(5)17(14-19)8-9-18-20(4,15-25-16(2)23)10-7-11-22(18,21)24/h17-18,24H,6-15H2,1-5H3. The summed E-state index contributed by atoms with van der Waals surface area (Å²) in [6.07, 6.45) is 10.2. The normalized spacial score (nSPS) is 49.8. The molecule has 6 unspecified atom stereocenters. The van der Waals surface area contributed by atoms with Gasteiger partial charge in [-0.25, -0.2) is 0 Å². The minimum Gasteiger partial charge on any atom is -0.465 e. The molecule has 3 nitrogen and oxygen atoms in total. The predicted octanol–water partition coefficient (Wildman–Crippen LogP) is 5.10. The second-order valence-electron chi connectivity index (χ2n) is 10.3. The van der Waals surface area contributed by atoms with Crippen molar-refractivity contribution in [3.8, 4) is 0 Å². The molecular formula is C22H38O3. The number of hydrogen-bond acceptors (Lipinski definition) is 3. The summed E-state index contributed by atoms with van der Waals surface area (Å²) >= 11 is 0. The summed E-state index contributed by atoms with van der Waals surface area (Å²) < 4.78 is 5.45. The summed E-state index contributed by atoms with van der Waals surface area (Å²) in [5.41, 5.74) is -0.220. The van der Waals surface area contributed by atoms with E-state index in [1.54, 1.807) is 0 Å². The Kier molecular flexibility index (Phi) is 4.80. The smallest absolute Gasteiger partial charge is 0.302 e. The minimum absolute atomic E-state index is 0.0164. The van der Waals surface area contributed by atoms with Gasteiger partial charge in [0.1, 0.15) is 0 Å². The average Bonchev–Trinajstić information content (AvgIpc) is 2.55. The molecule has 3 saturated carbocycles. The third kappa shape index (κ3) is 2.95. The van der Waals surface area contributed by atoms with E-state index in [9.17, 15) is 9.90 Å². The van der Waals surface area contributed by atoms with Crippen LogP contribution in [0.1, 0.15) is 92.4 Å². The monoisotopic (exact) mass is 350 g/mol. The van der Waals surface area contributed by atoms with Crippen molar-refractivity contribution < 1.29 is 14.6 Å². The Balaban J connectivity index is 1.88. The van der Waals surface area contributed by atoms with Gasteiger partial charge in [-0.1, -0.05) is 34.1 Å². The van der Waals surface area contributed by atoms with Gasteiger partial charge in [-0.3, -0.25) is 4.79 Å². The van der Waals surface area contributed by atoms with Gasteiger partial charge in [0.15, 0.2) is 0 Å². The van der Waals surface area contributed by atoms with Gasteiger partial charge in [0, 0.05) is 12.3 Å². The number of rotatable bonds is 3. The highest BCUT2D eigenvalue weighted by Crippen LogP contribution is 2.67. The summed E-state index contributed by atoms with van der Waals surface area (Å²) in [4.78, 5) is 11.4. The number of carbonyl (C=O) groups excluding carboxylic acids is 1. The topological polar surface area (TPSA) is 46.5 Å². The lowest BCUT2D eigenvalue weighted by Gasteiger charge is -2.66. The van der Waals surface area contributed by atoms with Crippen molar-refractivity contribution in [2.75, 3.05) is 6.61 Å². The quantitative estimate of drug-likeness (QED) is 0.720. The fourth-order valence-corrected chi connectivity index (χ4v) is 6.76. The Morgan fingerprint density at radius 2 is 1.84 bits per heavy atom. The van der Waals surface area contributed by atoms with Gasteiger partial charge in [0.05, 0.1) is 12.2 Å². The zero-order chi connectivity index (χ0) is 18.5. The van der Waals surface area contributed by atoms with Crippen molar-refractivity contribution in [1.82, 2.24) is 0 Å². The second kappa shape index (κ2) is 6.25. The van der Waals surface area contributed by atoms with Gasteiger partial charge in [-0.05, 0) is 74.0 Å². The minimum atomic E-state index is -0.599. The molecule has 0 heterocycles. The lowest BCUT2D eigenvalue weighted by Crippen LogP contribution is -2.66. The highest BCUT2D eigenvalue weighted by molar-refractivity contribution is 5.65. The van der Waals surface area contributed by atoms with Crippen molar-refractivity contribution in [1.29, 1.82) is 0 Å². The fraction of sp³-hybridized carbons (Fsp3) is 0.955. The lowest BCUT2D eigenvalue weighted by atomic mass is 9.41. The largest absolute Gasteiger partial charge is 0.465 e. The van der Waals surface area contributed by atoms with E-state index < -0.39 is 5.60 Å². The number of hydrogen-bond donors (Lipinski definition) is 1. The van der Waals surface area contributed by atoms with Gasteiger partial charge in [0.25, 0.3) is 0 Å². The number of carbonyl (C=O) groups is 1. The zero-order valence-corrected chi connectivity index (χ0v) is 17.0. The molecule has 0 spiro atoms. The maximum Gasteiger partial charge on any atom is 0.302 e. The number of aliphatic hydroxyl groups is 1. The van der Waals surface area contributed by atoms with E-state index in [1.165, 1.54) is 32.6 Å². The third-order valence-electron chi connectivity index (χ3n) is 8.86. The van der Waals surface area contributed by atoms with Gasteiger partial charge >= 0.3 is 5.97 Å². The molecule has 3 rings (SSSR count). The molecule has 0 aromatic rings. The first-order valence-corrected chi connectivity index (χ1v) is 10.4. The molecule has 0 bridgehead atoms. The molecule has 0 aromatic carbocycles. The Morgan fingerprint density at radius 1 is 1.12 bits per heavy atom. The van der Waals surface area contributed by atoms with Crippen LogP contribution in [-0.4, -0.2) is 23.3 Å². The molecule has 3 fully saturated rings. The summed E-state index contributed by atoms with van der Waals surface area (Å²) in [7, 11) is 0. The molecular weight excluding hydrogens is 312 g/mol. The molecule has 1 N–H and O–H groups in total. The third-order valence-corrected chi connectivity index (χ3v) is 8.86. The average molecular weight is 351 g/mol. The van der Waals surface area contributed by atoms with Gasteiger partial charge < -0.3 is 9.84 Å². The van der Waals surface area contributed by atoms with Crippen LogP contribution >= 0.6 is 0 Å². The van der Waals surface area contributed by atoms with E-state index in [2.05, 4.69) is 27.7 Å². The van der Waals surface area contributed by atoms with Crippen LogP contribution < -0.4 is 0 Å². The van der Waals surface area contributed by atoms with Crippen molar-refractivity contribution in [2.24, 2.45) is 28.1 Å². The zero-order valence-electron chi connectivity index (χ0n) is 17.0. The van der Waals surface area contributed by atoms with Crippen LogP contribution in [0.5, 0.6) is 0 Å². The number of fused-ring (bicyclic) bond motifs is 3. The molecule has 3 aliphatic carbocycles. The summed E-state index contributed by atoms with van der Waals surface area (Å²) in [6.45, 7) is 11.3. The van der Waals surface area contributed by atoms with Crippen LogP contribution in [0.4, 0.5) is 0 Å². The summed E-state index contributed by atoms with van der Waals surface area (Å²) in [5.74, 6) is 0.676. The maximum absolute atomic E-state index is 12.0. The molecule has 0 saturated heterocycles. The van der Waals surface area contributed by atoms with Crippen molar-refractivity contribution in [3.63, 3.8) is 0 Å². The van der Waals surface area contributed by atoms with Crippen molar-refractivity contribution >= 4 is 5.97 Å². The van der Waals surface area contributed by atoms with Crippen LogP contribution in [0.2, 0.25) is 0 Å². The van der Waals surface area contributed by atoms with Crippen LogP contribution in [0.15, 0.2) is 0 Å². The Morgan fingerprint density at radius 3 is 2.48 bits per heavy atom. The van der Waals surface area contributed by atoms with Gasteiger partial charge in [0.2, 0.25) is 0 Å². The van der Waals surface area contributed by atoms with E-state index in [1.807, 2.05) is 0 Å². The van der Waals surface area contributed by atoms with Crippen molar-refractivity contribution in [2.45, 2.75) is 98.0 Å². The maximum atomic E-state index is 12.0. The second-order valence-corrected chi connectivity index (χ2v) is 10.3. The molecule has 0 aromatic heterocycles. The SMILES string of the molecule is CCC1(C)CCC2(C)C(CCC3C(C)(COC(C)=O)CCCC32O)C1. The highest BCUT2D eigenvalue weighted by Gasteiger charge is 2.65. The summed E-state index contributed by atoms with van der Waals surface area (Å²) in [6, 6.07) is 0. The first-order valence-electron chi connectivity index (χ1n) is 10.4. The van der Waals surface area contributed by atoms with E-state index in [-0.39, 0.29) is 22.7 Å². The van der Waals surface area contributed by atoms with E-state index in [0.29, 0.717) is 17.9 Å². The van der Waals surface area contributed by atoms with E-state index in [4.69, 9.17) is 4.74 Å². The number of esters is 1. The Bertz CT molecular complexity index is 531. The van der Waals surface area contributed by atoms with Gasteiger partial charge in [-0.2, -0.15) is 0 Å². The molecule has 0 radical (unpaired) electrons. The van der Waals surface area contributed by atoms with Crippen LogP contribution in [0.25, 0.3) is 0 Å². The summed E-state index contributed by atoms with van der Waals surface area (Å²) in [5, 5.41) is 12.0. The first-order chi connectivity index (χ1) is 11.6. The predicted molar refractivity (Wildman–Crippen MR) is 100 cm³/mol. The molecule has 3 aliphatic rings. The van der Waals surface area contributed by atoms with Crippen LogP contribution in [-0.2, 0) is 9.53 Å². The number of ether oxygens (including phenoxy) is 1. The molecule has 25 heavy (non-hydrogen) atoms. The molecule has 144 valence electrons. The molecule has 0 aliphatic heterocycles. The molecule has 0 amide bonds. The van der Waals surface area contributed by atoms with Crippen LogP contribution in [0, 0.1) is 28.1 Å². The Labute approximate surface area is 153 Å². The first kappa shape index (κ1) is 19.2. The Hall–Kier alpha value is -0.570.